The number of aliphatic hydroxyl groups is 1. The first-order valence-electron chi connectivity index (χ1n) is 5.50. The highest BCUT2D eigenvalue weighted by Crippen LogP contribution is 2.20. The van der Waals surface area contributed by atoms with E-state index in [1.165, 1.54) is 5.56 Å². The lowest BCUT2D eigenvalue weighted by Crippen LogP contribution is -2.02. The first-order chi connectivity index (χ1) is 8.11. The molecule has 0 spiro atoms. The van der Waals surface area contributed by atoms with Gasteiger partial charge in [0.05, 0.1) is 18.8 Å². The van der Waals surface area contributed by atoms with Crippen molar-refractivity contribution in [3.63, 3.8) is 0 Å². The Balaban J connectivity index is 2.27. The summed E-state index contributed by atoms with van der Waals surface area (Å²) in [4.78, 5) is 0. The van der Waals surface area contributed by atoms with Gasteiger partial charge in [0, 0.05) is 5.56 Å². The van der Waals surface area contributed by atoms with Gasteiger partial charge in [-0.15, -0.1) is 0 Å². The minimum Gasteiger partial charge on any atom is -0.391 e. The maximum absolute atomic E-state index is 9.18. The van der Waals surface area contributed by atoms with Gasteiger partial charge in [-0.05, 0) is 19.4 Å². The molecule has 0 saturated carbocycles. The van der Waals surface area contributed by atoms with Crippen molar-refractivity contribution in [1.29, 1.82) is 0 Å². The van der Waals surface area contributed by atoms with Gasteiger partial charge in [0.15, 0.2) is 0 Å². The van der Waals surface area contributed by atoms with Gasteiger partial charge >= 0.3 is 0 Å². The van der Waals surface area contributed by atoms with E-state index in [1.807, 2.05) is 6.92 Å². The largest absolute Gasteiger partial charge is 0.391 e. The Morgan fingerprint density at radius 2 is 1.88 bits per heavy atom. The summed E-state index contributed by atoms with van der Waals surface area (Å²) in [5.74, 6) is 0. The van der Waals surface area contributed by atoms with Gasteiger partial charge in [-0.3, -0.25) is 0 Å². The summed E-state index contributed by atoms with van der Waals surface area (Å²) in [6.07, 6.45) is 0. The molecule has 90 valence electrons. The summed E-state index contributed by atoms with van der Waals surface area (Å²) in [5.41, 5.74) is 3.86. The third-order valence-electron chi connectivity index (χ3n) is 2.79. The molecule has 0 atom stereocenters. The molecule has 0 fully saturated rings. The molecular weight excluding hydrogens is 236 g/mol. The standard InChI is InChI=1S/C13H15ClN2O/c1-9-3-5-11(6-4-9)7-16-13(14)12(8-17)10(2)15-16/h3-6,17H,7-8H2,1-2H3. The van der Waals surface area contributed by atoms with Gasteiger partial charge in [0.1, 0.15) is 5.15 Å². The number of nitrogens with zero attached hydrogens (tertiary/aromatic N) is 2. The summed E-state index contributed by atoms with van der Waals surface area (Å²) < 4.78 is 1.72. The van der Waals surface area contributed by atoms with Crippen molar-refractivity contribution >= 4 is 11.6 Å². The summed E-state index contributed by atoms with van der Waals surface area (Å²) >= 11 is 6.15. The lowest BCUT2D eigenvalue weighted by atomic mass is 10.1. The minimum atomic E-state index is -0.0709. The molecule has 4 heteroatoms. The van der Waals surface area contributed by atoms with E-state index in [2.05, 4.69) is 36.3 Å². The van der Waals surface area contributed by atoms with Gasteiger partial charge in [0.25, 0.3) is 0 Å². The van der Waals surface area contributed by atoms with E-state index in [0.29, 0.717) is 17.3 Å². The third-order valence-corrected chi connectivity index (χ3v) is 3.22. The van der Waals surface area contributed by atoms with Crippen molar-refractivity contribution in [2.75, 3.05) is 0 Å². The van der Waals surface area contributed by atoms with E-state index in [9.17, 15) is 5.11 Å². The molecule has 0 aliphatic rings. The summed E-state index contributed by atoms with van der Waals surface area (Å²) in [7, 11) is 0. The molecule has 0 saturated heterocycles. The van der Waals surface area contributed by atoms with Crippen LogP contribution >= 0.6 is 11.6 Å². The summed E-state index contributed by atoms with van der Waals surface area (Å²) in [5, 5.41) is 14.0. The second-order valence-corrected chi connectivity index (χ2v) is 4.51. The molecule has 0 radical (unpaired) electrons. The highest BCUT2D eigenvalue weighted by molar-refractivity contribution is 6.30. The van der Waals surface area contributed by atoms with Crippen molar-refractivity contribution in [3.05, 3.63) is 51.8 Å². The molecular formula is C13H15ClN2O. The fourth-order valence-electron chi connectivity index (χ4n) is 1.74. The monoisotopic (exact) mass is 250 g/mol. The van der Waals surface area contributed by atoms with Crippen LogP contribution in [0.2, 0.25) is 5.15 Å². The maximum atomic E-state index is 9.18. The predicted octanol–water partition coefficient (Wildman–Crippen LogP) is 2.69. The molecule has 0 bridgehead atoms. The molecule has 0 aliphatic carbocycles. The molecule has 2 rings (SSSR count). The van der Waals surface area contributed by atoms with Crippen LogP contribution in [-0.4, -0.2) is 14.9 Å². The molecule has 0 amide bonds. The van der Waals surface area contributed by atoms with Crippen LogP contribution in [0.4, 0.5) is 0 Å². The Bertz CT molecular complexity index is 517. The van der Waals surface area contributed by atoms with Crippen LogP contribution in [0.5, 0.6) is 0 Å². The van der Waals surface area contributed by atoms with Crippen molar-refractivity contribution in [3.8, 4) is 0 Å². The highest BCUT2D eigenvalue weighted by Gasteiger charge is 2.12. The van der Waals surface area contributed by atoms with E-state index in [-0.39, 0.29) is 6.61 Å². The zero-order chi connectivity index (χ0) is 12.4. The smallest absolute Gasteiger partial charge is 0.133 e. The fraction of sp³-hybridized carbons (Fsp3) is 0.308. The molecule has 1 aromatic heterocycles. The van der Waals surface area contributed by atoms with Gasteiger partial charge in [-0.1, -0.05) is 41.4 Å². The average Bonchev–Trinajstić information content (AvgIpc) is 2.57. The topological polar surface area (TPSA) is 38.0 Å². The van der Waals surface area contributed by atoms with E-state index in [0.717, 1.165) is 11.3 Å². The molecule has 1 N–H and O–H groups in total. The number of aryl methyl sites for hydroxylation is 2. The molecule has 0 aliphatic heterocycles. The first kappa shape index (κ1) is 12.1. The molecule has 3 nitrogen and oxygen atoms in total. The summed E-state index contributed by atoms with van der Waals surface area (Å²) in [6.45, 7) is 4.46. The van der Waals surface area contributed by atoms with Crippen LogP contribution in [0.15, 0.2) is 24.3 Å². The normalized spacial score (nSPS) is 10.8. The number of hydrogen-bond donors (Lipinski definition) is 1. The van der Waals surface area contributed by atoms with Crippen LogP contribution in [0.1, 0.15) is 22.4 Å². The van der Waals surface area contributed by atoms with Gasteiger partial charge < -0.3 is 5.11 Å². The number of aliphatic hydroxyl groups excluding tert-OH is 1. The van der Waals surface area contributed by atoms with Crippen LogP contribution < -0.4 is 0 Å². The number of rotatable bonds is 3. The van der Waals surface area contributed by atoms with Gasteiger partial charge in [0.2, 0.25) is 0 Å². The fourth-order valence-corrected chi connectivity index (χ4v) is 2.04. The lowest BCUT2D eigenvalue weighted by molar-refractivity contribution is 0.281. The van der Waals surface area contributed by atoms with Gasteiger partial charge in [-0.25, -0.2) is 4.68 Å². The highest BCUT2D eigenvalue weighted by atomic mass is 35.5. The Morgan fingerprint density at radius 1 is 1.24 bits per heavy atom. The zero-order valence-corrected chi connectivity index (χ0v) is 10.7. The Morgan fingerprint density at radius 3 is 2.41 bits per heavy atom. The number of halogens is 1. The van der Waals surface area contributed by atoms with Crippen molar-refractivity contribution in [1.82, 2.24) is 9.78 Å². The molecule has 17 heavy (non-hydrogen) atoms. The number of aromatic nitrogens is 2. The molecule has 1 aromatic carbocycles. The Labute approximate surface area is 106 Å². The van der Waals surface area contributed by atoms with Crippen molar-refractivity contribution < 1.29 is 5.11 Å². The third kappa shape index (κ3) is 2.51. The van der Waals surface area contributed by atoms with Crippen LogP contribution in [0, 0.1) is 13.8 Å². The minimum absolute atomic E-state index is 0.0709. The SMILES string of the molecule is Cc1ccc(Cn2nc(C)c(CO)c2Cl)cc1. The zero-order valence-electron chi connectivity index (χ0n) is 9.94. The predicted molar refractivity (Wildman–Crippen MR) is 68.2 cm³/mol. The van der Waals surface area contributed by atoms with Crippen LogP contribution in [0.3, 0.4) is 0 Å². The lowest BCUT2D eigenvalue weighted by Gasteiger charge is -2.04. The second kappa shape index (κ2) is 4.90. The molecule has 1 heterocycles. The molecule has 2 aromatic rings. The molecule has 0 unspecified atom stereocenters. The van der Waals surface area contributed by atoms with Crippen molar-refractivity contribution in [2.24, 2.45) is 0 Å². The quantitative estimate of drug-likeness (QED) is 0.910. The van der Waals surface area contributed by atoms with E-state index < -0.39 is 0 Å². The van der Waals surface area contributed by atoms with E-state index in [4.69, 9.17) is 11.6 Å². The first-order valence-corrected chi connectivity index (χ1v) is 5.88. The van der Waals surface area contributed by atoms with Crippen molar-refractivity contribution in [2.45, 2.75) is 27.0 Å². The number of hydrogen-bond acceptors (Lipinski definition) is 2. The Hall–Kier alpha value is -1.32. The Kier molecular flexibility index (Phi) is 3.50. The summed E-state index contributed by atoms with van der Waals surface area (Å²) in [6, 6.07) is 8.24. The van der Waals surface area contributed by atoms with Crippen LogP contribution in [-0.2, 0) is 13.2 Å². The maximum Gasteiger partial charge on any atom is 0.133 e. The van der Waals surface area contributed by atoms with E-state index in [1.54, 1.807) is 4.68 Å². The number of benzene rings is 1. The van der Waals surface area contributed by atoms with Gasteiger partial charge in [-0.2, -0.15) is 5.10 Å². The van der Waals surface area contributed by atoms with E-state index >= 15 is 0 Å². The average molecular weight is 251 g/mol. The van der Waals surface area contributed by atoms with Crippen LogP contribution in [0.25, 0.3) is 0 Å². The second-order valence-electron chi connectivity index (χ2n) is 4.16.